The molecule has 24 heteroatoms. The molecule has 2 saturated carbocycles. The summed E-state index contributed by atoms with van der Waals surface area (Å²) in [5, 5.41) is 5.85. The molecule has 2 aliphatic rings. The molecule has 74 heavy (non-hydrogen) atoms. The topological polar surface area (TPSA) is 282 Å². The Labute approximate surface area is 472 Å². The molecule has 0 aromatic heterocycles. The standard InChI is InChI=1S/2C25H31ClN2O7S.Ca.H2O/c2*26-21-10-12-23(13-11-21)28(22-4-2-1-3-5-22)25(30)35-17-20-8-6-19(7-9-20)16-34-18-24(29)27-14-15-36(31,32)33;;/h2*1-5,10-13,19-20H,6-9,14-18H2,(H,27,29)(H,31,32,33);;1H2/q;;+2;/p-2. The molecule has 4 amide bonds. The Bertz CT molecular complexity index is 2370. The van der Waals surface area contributed by atoms with Gasteiger partial charge in [-0.25, -0.2) is 36.2 Å². The minimum atomic E-state index is -4.35. The summed E-state index contributed by atoms with van der Waals surface area (Å²) >= 11 is 12.0. The number of ether oxygens (including phenoxy) is 4. The van der Waals surface area contributed by atoms with Gasteiger partial charge < -0.3 is 44.2 Å². The van der Waals surface area contributed by atoms with E-state index >= 15 is 0 Å². The zero-order valence-electron chi connectivity index (χ0n) is 40.8. The van der Waals surface area contributed by atoms with Gasteiger partial charge in [0.2, 0.25) is 11.8 Å². The molecular weight excluding hydrogens is 1070 g/mol. The monoisotopic (exact) mass is 1130 g/mol. The summed E-state index contributed by atoms with van der Waals surface area (Å²) in [5.41, 5.74) is 2.72. The molecule has 0 heterocycles. The Hall–Kier alpha value is -4.10. The number of amides is 4. The van der Waals surface area contributed by atoms with Crippen molar-refractivity contribution in [1.82, 2.24) is 10.6 Å². The first-order valence-corrected chi connectivity index (χ1v) is 27.4. The van der Waals surface area contributed by atoms with Crippen molar-refractivity contribution in [3.63, 3.8) is 0 Å². The van der Waals surface area contributed by atoms with Crippen LogP contribution in [0.25, 0.3) is 0 Å². The molecule has 4 aromatic carbocycles. The Morgan fingerprint density at radius 2 is 0.770 bits per heavy atom. The maximum Gasteiger partial charge on any atom is 2.00 e. The predicted molar refractivity (Wildman–Crippen MR) is 280 cm³/mol. The van der Waals surface area contributed by atoms with E-state index in [0.717, 1.165) is 51.4 Å². The number of hydrogen-bond donors (Lipinski definition) is 2. The Balaban J connectivity index is 0.000000380. The van der Waals surface area contributed by atoms with Crippen LogP contribution in [0.4, 0.5) is 32.3 Å². The third-order valence-corrected chi connectivity index (χ3v) is 13.8. The normalized spacial score (nSPS) is 17.4. The van der Waals surface area contributed by atoms with E-state index in [0.29, 0.717) is 71.1 Å². The van der Waals surface area contributed by atoms with Crippen LogP contribution in [0, 0.1) is 23.7 Å². The van der Waals surface area contributed by atoms with Crippen molar-refractivity contribution in [2.75, 3.05) is 74.0 Å². The van der Waals surface area contributed by atoms with Crippen LogP contribution < -0.4 is 20.4 Å². The van der Waals surface area contributed by atoms with Crippen molar-refractivity contribution in [3.8, 4) is 0 Å². The van der Waals surface area contributed by atoms with Crippen LogP contribution in [0.3, 0.4) is 0 Å². The molecule has 4 aromatic rings. The molecule has 0 atom stereocenters. The number of halogens is 2. The van der Waals surface area contributed by atoms with Gasteiger partial charge in [-0.05, 0) is 148 Å². The predicted octanol–water partition coefficient (Wildman–Crippen LogP) is 6.99. The second kappa shape index (κ2) is 33.1. The molecule has 2 fully saturated rings. The van der Waals surface area contributed by atoms with Crippen molar-refractivity contribution in [3.05, 3.63) is 119 Å². The smallest absolute Gasteiger partial charge is 0.748 e. The summed E-state index contributed by atoms with van der Waals surface area (Å²) in [4.78, 5) is 52.4. The number of hydrogen-bond acceptors (Lipinski definition) is 14. The Morgan fingerprint density at radius 1 is 0.486 bits per heavy atom. The van der Waals surface area contributed by atoms with E-state index < -0.39 is 55.7 Å². The molecule has 6 rings (SSSR count). The number of para-hydroxylation sites is 2. The van der Waals surface area contributed by atoms with Gasteiger partial charge in [-0.1, -0.05) is 59.6 Å². The number of benzene rings is 4. The van der Waals surface area contributed by atoms with Gasteiger partial charge in [0.05, 0.1) is 80.9 Å². The van der Waals surface area contributed by atoms with E-state index in [1.807, 2.05) is 60.7 Å². The summed E-state index contributed by atoms with van der Waals surface area (Å²) < 4.78 is 85.6. The van der Waals surface area contributed by atoms with E-state index in [9.17, 15) is 45.1 Å². The van der Waals surface area contributed by atoms with Crippen LogP contribution in [-0.2, 0) is 48.8 Å². The molecule has 0 saturated heterocycles. The SMILES string of the molecule is O.O=C(COCC1CCC(COC(=O)N(c2ccccc2)c2ccc(Cl)cc2)CC1)NCCS(=O)(=O)[O-].O=C(COCC1CCC(COC(=O)N(c2ccccc2)c2ccc(Cl)cc2)CC1)NCCS(=O)(=O)[O-].[Ca+2]. The molecule has 0 bridgehead atoms. The van der Waals surface area contributed by atoms with Gasteiger partial charge in [0, 0.05) is 23.1 Å². The fourth-order valence-corrected chi connectivity index (χ4v) is 9.02. The quantitative estimate of drug-likeness (QED) is 0.0593. The van der Waals surface area contributed by atoms with Crippen LogP contribution in [0.1, 0.15) is 51.4 Å². The van der Waals surface area contributed by atoms with Gasteiger partial charge >= 0.3 is 49.9 Å². The van der Waals surface area contributed by atoms with Crippen molar-refractivity contribution in [1.29, 1.82) is 0 Å². The van der Waals surface area contributed by atoms with Crippen LogP contribution in [0.5, 0.6) is 0 Å². The number of carbonyl (C=O) groups excluding carboxylic acids is 4. The maximum atomic E-state index is 13.0. The average molecular weight is 1130 g/mol. The molecule has 2 aliphatic carbocycles. The summed E-state index contributed by atoms with van der Waals surface area (Å²) in [6, 6.07) is 32.5. The third-order valence-electron chi connectivity index (χ3n) is 11.9. The van der Waals surface area contributed by atoms with Gasteiger partial charge in [-0.3, -0.25) is 9.59 Å². The Kier molecular flexibility index (Phi) is 28.7. The summed E-state index contributed by atoms with van der Waals surface area (Å²) in [5.74, 6) is -1.13. The summed E-state index contributed by atoms with van der Waals surface area (Å²) in [7, 11) is -8.70. The largest absolute Gasteiger partial charge is 2.00 e. The van der Waals surface area contributed by atoms with Crippen molar-refractivity contribution >= 4 is 128 Å². The van der Waals surface area contributed by atoms with Gasteiger partial charge in [-0.2, -0.15) is 0 Å². The first-order chi connectivity index (χ1) is 34.4. The molecule has 0 radical (unpaired) electrons. The van der Waals surface area contributed by atoms with Gasteiger partial charge in [-0.15, -0.1) is 0 Å². The number of carbonyl (C=O) groups is 4. The number of nitrogens with one attached hydrogen (secondary N) is 2. The van der Waals surface area contributed by atoms with Crippen molar-refractivity contribution < 1.29 is 69.5 Å². The van der Waals surface area contributed by atoms with Crippen LogP contribution in [0.2, 0.25) is 10.0 Å². The van der Waals surface area contributed by atoms with Crippen LogP contribution in [0.15, 0.2) is 109 Å². The second-order valence-corrected chi connectivity index (χ2v) is 21.4. The van der Waals surface area contributed by atoms with E-state index in [1.54, 1.807) is 48.5 Å². The van der Waals surface area contributed by atoms with E-state index in [2.05, 4.69) is 10.6 Å². The van der Waals surface area contributed by atoms with Crippen LogP contribution >= 0.6 is 23.2 Å². The number of nitrogens with zero attached hydrogens (tertiary/aromatic N) is 2. The molecule has 19 nitrogen and oxygen atoms in total. The third kappa shape index (κ3) is 24.3. The minimum absolute atomic E-state index is 0. The minimum Gasteiger partial charge on any atom is -0.748 e. The van der Waals surface area contributed by atoms with E-state index in [-0.39, 0.29) is 81.4 Å². The summed E-state index contributed by atoms with van der Waals surface area (Å²) in [6.45, 7) is 0.640. The summed E-state index contributed by atoms with van der Waals surface area (Å²) in [6.07, 6.45) is 6.14. The van der Waals surface area contributed by atoms with Crippen molar-refractivity contribution in [2.45, 2.75) is 51.4 Å². The van der Waals surface area contributed by atoms with E-state index in [1.165, 1.54) is 9.80 Å². The molecule has 0 spiro atoms. The maximum absolute atomic E-state index is 13.0. The zero-order valence-corrected chi connectivity index (χ0v) is 46.2. The molecule has 4 N–H and O–H groups in total. The average Bonchev–Trinajstić information content (AvgIpc) is 3.35. The first kappa shape index (κ1) is 64.2. The Morgan fingerprint density at radius 3 is 1.07 bits per heavy atom. The van der Waals surface area contributed by atoms with Gasteiger partial charge in [0.25, 0.3) is 0 Å². The fraction of sp³-hybridized carbons (Fsp3) is 0.440. The molecule has 400 valence electrons. The van der Waals surface area contributed by atoms with Gasteiger partial charge in [0.1, 0.15) is 13.2 Å². The van der Waals surface area contributed by atoms with Crippen LogP contribution in [-0.4, -0.2) is 157 Å². The molecular formula is C50H62CaCl2N4O15S2. The first-order valence-electron chi connectivity index (χ1n) is 23.5. The number of anilines is 4. The fourth-order valence-electron chi connectivity index (χ4n) is 8.06. The second-order valence-electron chi connectivity index (χ2n) is 17.5. The molecule has 0 unspecified atom stereocenters. The number of rotatable bonds is 22. The zero-order chi connectivity index (χ0) is 51.9. The van der Waals surface area contributed by atoms with E-state index in [4.69, 9.17) is 42.1 Å². The van der Waals surface area contributed by atoms with Gasteiger partial charge in [0.15, 0.2) is 0 Å². The molecule has 0 aliphatic heterocycles. The van der Waals surface area contributed by atoms with Crippen molar-refractivity contribution in [2.24, 2.45) is 23.7 Å².